The Morgan fingerprint density at radius 1 is 1.30 bits per heavy atom. The molecule has 1 saturated heterocycles. The van der Waals surface area contributed by atoms with E-state index in [0.29, 0.717) is 18.7 Å². The van der Waals surface area contributed by atoms with E-state index < -0.39 is 10.0 Å². The maximum atomic E-state index is 12.6. The minimum atomic E-state index is -3.56. The normalized spacial score (nSPS) is 25.8. The largest absolute Gasteiger partial charge is 0.392 e. The summed E-state index contributed by atoms with van der Waals surface area (Å²) in [5, 5.41) is 9.01. The van der Waals surface area contributed by atoms with Crippen molar-refractivity contribution in [3.05, 3.63) is 23.9 Å². The van der Waals surface area contributed by atoms with Crippen LogP contribution in [0.25, 0.3) is 0 Å². The molecule has 2 atom stereocenters. The highest BCUT2D eigenvalue weighted by atomic mass is 32.2. The number of nitrogens with zero attached hydrogens (tertiary/aromatic N) is 3. The van der Waals surface area contributed by atoms with Crippen LogP contribution in [0.15, 0.2) is 23.4 Å². The molecule has 6 nitrogen and oxygen atoms in total. The molecule has 20 heavy (non-hydrogen) atoms. The predicted octanol–water partition coefficient (Wildman–Crippen LogP) is 0.287. The zero-order valence-corrected chi connectivity index (χ0v) is 12.8. The van der Waals surface area contributed by atoms with Crippen molar-refractivity contribution in [2.75, 3.05) is 20.1 Å². The number of rotatable bonds is 3. The number of hydrogen-bond acceptors (Lipinski definition) is 5. The summed E-state index contributed by atoms with van der Waals surface area (Å²) in [6, 6.07) is 3.38. The summed E-state index contributed by atoms with van der Waals surface area (Å²) >= 11 is 0. The van der Waals surface area contributed by atoms with Gasteiger partial charge >= 0.3 is 0 Å². The molecule has 1 aromatic heterocycles. The van der Waals surface area contributed by atoms with Gasteiger partial charge in [-0.2, -0.15) is 4.31 Å². The molecule has 1 fully saturated rings. The molecule has 2 unspecified atom stereocenters. The van der Waals surface area contributed by atoms with E-state index in [-0.39, 0.29) is 23.7 Å². The topological polar surface area (TPSA) is 73.7 Å². The highest BCUT2D eigenvalue weighted by Crippen LogP contribution is 2.21. The summed E-state index contributed by atoms with van der Waals surface area (Å²) in [6.45, 7) is 4.82. The first-order valence-corrected chi connectivity index (χ1v) is 8.08. The van der Waals surface area contributed by atoms with Crippen LogP contribution < -0.4 is 0 Å². The van der Waals surface area contributed by atoms with Crippen molar-refractivity contribution in [1.82, 2.24) is 14.2 Å². The molecule has 1 N–H and O–H groups in total. The Balaban J connectivity index is 2.25. The van der Waals surface area contributed by atoms with E-state index in [1.807, 2.05) is 20.9 Å². The third-order valence-corrected chi connectivity index (χ3v) is 5.66. The monoisotopic (exact) mass is 299 g/mol. The van der Waals surface area contributed by atoms with Crippen molar-refractivity contribution in [2.45, 2.75) is 37.6 Å². The Morgan fingerprint density at radius 2 is 1.90 bits per heavy atom. The molecule has 0 saturated carbocycles. The minimum Gasteiger partial charge on any atom is -0.392 e. The fraction of sp³-hybridized carbons (Fsp3) is 0.615. The zero-order chi connectivity index (χ0) is 14.9. The van der Waals surface area contributed by atoms with E-state index in [1.54, 1.807) is 6.07 Å². The van der Waals surface area contributed by atoms with E-state index in [4.69, 9.17) is 5.11 Å². The molecule has 2 heterocycles. The van der Waals surface area contributed by atoms with Gasteiger partial charge in [-0.3, -0.25) is 4.90 Å². The number of sulfonamides is 1. The van der Waals surface area contributed by atoms with Crippen LogP contribution >= 0.6 is 0 Å². The fourth-order valence-corrected chi connectivity index (χ4v) is 3.86. The molecule has 1 aliphatic heterocycles. The lowest BCUT2D eigenvalue weighted by atomic mass is 10.1. The van der Waals surface area contributed by atoms with Gasteiger partial charge in [-0.25, -0.2) is 13.4 Å². The first kappa shape index (κ1) is 15.4. The van der Waals surface area contributed by atoms with Crippen molar-refractivity contribution < 1.29 is 13.5 Å². The second kappa shape index (κ2) is 5.77. The lowest BCUT2D eigenvalue weighted by Gasteiger charge is -2.41. The lowest BCUT2D eigenvalue weighted by molar-refractivity contribution is 0.105. The van der Waals surface area contributed by atoms with E-state index in [1.165, 1.54) is 16.6 Å². The van der Waals surface area contributed by atoms with Gasteiger partial charge in [-0.05, 0) is 32.5 Å². The highest BCUT2D eigenvalue weighted by molar-refractivity contribution is 7.89. The SMILES string of the molecule is CC1CN(S(=O)(=O)c2ccc(CO)cn2)CC(C)N1C. The van der Waals surface area contributed by atoms with E-state index in [0.717, 1.165) is 0 Å². The molecule has 0 bridgehead atoms. The number of aliphatic hydroxyl groups excluding tert-OH is 1. The molecule has 1 aromatic rings. The molecule has 0 aliphatic carbocycles. The molecular weight excluding hydrogens is 278 g/mol. The van der Waals surface area contributed by atoms with Crippen LogP contribution in [0.4, 0.5) is 0 Å². The summed E-state index contributed by atoms with van der Waals surface area (Å²) in [4.78, 5) is 6.14. The number of piperazine rings is 1. The zero-order valence-electron chi connectivity index (χ0n) is 12.0. The summed E-state index contributed by atoms with van der Waals surface area (Å²) in [5.74, 6) is 0. The van der Waals surface area contributed by atoms with Crippen molar-refractivity contribution >= 4 is 10.0 Å². The van der Waals surface area contributed by atoms with Gasteiger partial charge in [0.25, 0.3) is 10.0 Å². The molecule has 0 spiro atoms. The molecule has 112 valence electrons. The Kier molecular flexibility index (Phi) is 4.43. The van der Waals surface area contributed by atoms with Crippen molar-refractivity contribution in [1.29, 1.82) is 0 Å². The molecule has 0 radical (unpaired) electrons. The number of pyridine rings is 1. The van der Waals surface area contributed by atoms with Gasteiger partial charge in [0, 0.05) is 31.4 Å². The number of aliphatic hydroxyl groups is 1. The van der Waals surface area contributed by atoms with Crippen LogP contribution in [-0.2, 0) is 16.6 Å². The second-order valence-electron chi connectivity index (χ2n) is 5.35. The van der Waals surface area contributed by atoms with Gasteiger partial charge in [0.1, 0.15) is 0 Å². The van der Waals surface area contributed by atoms with Crippen LogP contribution in [0.1, 0.15) is 19.4 Å². The molecule has 7 heteroatoms. The van der Waals surface area contributed by atoms with Crippen LogP contribution in [-0.4, -0.2) is 59.9 Å². The van der Waals surface area contributed by atoms with Crippen molar-refractivity contribution in [3.8, 4) is 0 Å². The Bertz CT molecular complexity index is 547. The van der Waals surface area contributed by atoms with Gasteiger partial charge in [0.15, 0.2) is 5.03 Å². The van der Waals surface area contributed by atoms with Gasteiger partial charge < -0.3 is 5.11 Å². The Labute approximate surface area is 120 Å². The molecular formula is C13H21N3O3S. The van der Waals surface area contributed by atoms with Crippen molar-refractivity contribution in [2.24, 2.45) is 0 Å². The molecule has 1 aliphatic rings. The summed E-state index contributed by atoms with van der Waals surface area (Å²) < 4.78 is 26.6. The first-order valence-electron chi connectivity index (χ1n) is 6.64. The number of hydrogen-bond donors (Lipinski definition) is 1. The first-order chi connectivity index (χ1) is 9.36. The van der Waals surface area contributed by atoms with Gasteiger partial charge in [0.2, 0.25) is 0 Å². The van der Waals surface area contributed by atoms with Crippen LogP contribution in [0.3, 0.4) is 0 Å². The van der Waals surface area contributed by atoms with E-state index >= 15 is 0 Å². The number of aromatic nitrogens is 1. The quantitative estimate of drug-likeness (QED) is 0.868. The smallest absolute Gasteiger partial charge is 0.260 e. The van der Waals surface area contributed by atoms with Gasteiger partial charge in [-0.15, -0.1) is 0 Å². The second-order valence-corrected chi connectivity index (χ2v) is 7.23. The lowest BCUT2D eigenvalue weighted by Crippen LogP contribution is -2.56. The average Bonchev–Trinajstić information content (AvgIpc) is 2.44. The van der Waals surface area contributed by atoms with E-state index in [9.17, 15) is 8.42 Å². The van der Waals surface area contributed by atoms with Crippen molar-refractivity contribution in [3.63, 3.8) is 0 Å². The predicted molar refractivity (Wildman–Crippen MR) is 75.6 cm³/mol. The van der Waals surface area contributed by atoms with Crippen LogP contribution in [0.5, 0.6) is 0 Å². The number of likely N-dealkylation sites (N-methyl/N-ethyl adjacent to an activating group) is 1. The van der Waals surface area contributed by atoms with Crippen LogP contribution in [0.2, 0.25) is 0 Å². The minimum absolute atomic E-state index is 0.0404. The maximum absolute atomic E-state index is 12.6. The summed E-state index contributed by atoms with van der Waals surface area (Å²) in [7, 11) is -1.55. The standard InChI is InChI=1S/C13H21N3O3S/c1-10-7-16(8-11(2)15(10)3)20(18,19)13-5-4-12(9-17)6-14-13/h4-6,10-11,17H,7-9H2,1-3H3. The summed E-state index contributed by atoms with van der Waals surface area (Å²) in [6.07, 6.45) is 1.40. The fourth-order valence-electron chi connectivity index (χ4n) is 2.34. The van der Waals surface area contributed by atoms with Gasteiger partial charge in [-0.1, -0.05) is 6.07 Å². The Hall–Kier alpha value is -1.02. The maximum Gasteiger partial charge on any atom is 0.260 e. The van der Waals surface area contributed by atoms with E-state index in [2.05, 4.69) is 9.88 Å². The molecule has 0 aromatic carbocycles. The molecule has 0 amide bonds. The molecule has 2 rings (SSSR count). The van der Waals surface area contributed by atoms with Crippen LogP contribution in [0, 0.1) is 0 Å². The third kappa shape index (κ3) is 2.85. The Morgan fingerprint density at radius 3 is 2.35 bits per heavy atom. The van der Waals surface area contributed by atoms with Gasteiger partial charge in [0.05, 0.1) is 6.61 Å². The average molecular weight is 299 g/mol. The third-order valence-electron chi connectivity index (χ3n) is 3.91. The summed E-state index contributed by atoms with van der Waals surface area (Å²) in [5.41, 5.74) is 0.601. The highest BCUT2D eigenvalue weighted by Gasteiger charge is 2.34.